The lowest BCUT2D eigenvalue weighted by atomic mass is 9.92. The van der Waals surface area contributed by atoms with Crippen LogP contribution in [0.3, 0.4) is 0 Å². The van der Waals surface area contributed by atoms with E-state index in [9.17, 15) is 4.79 Å². The first-order valence-electron chi connectivity index (χ1n) is 9.47. The Bertz CT molecular complexity index is 971. The molecule has 3 aromatic carbocycles. The van der Waals surface area contributed by atoms with Crippen molar-refractivity contribution in [3.8, 4) is 0 Å². The van der Waals surface area contributed by atoms with E-state index in [0.29, 0.717) is 6.61 Å². The monoisotopic (exact) mass is 347 g/mol. The SMILES string of the molecule is Cc1c2ccccc2c(C)c2cc(COC(=O)N3CCCCC3)ccc12. The maximum Gasteiger partial charge on any atom is 0.410 e. The molecule has 0 atom stereocenters. The van der Waals surface area contributed by atoms with Gasteiger partial charge in [-0.15, -0.1) is 0 Å². The van der Waals surface area contributed by atoms with Crippen LogP contribution in [-0.4, -0.2) is 24.1 Å². The minimum Gasteiger partial charge on any atom is -0.445 e. The topological polar surface area (TPSA) is 29.5 Å². The highest BCUT2D eigenvalue weighted by Crippen LogP contribution is 2.32. The number of rotatable bonds is 2. The number of nitrogens with zero attached hydrogens (tertiary/aromatic N) is 1. The predicted molar refractivity (Wildman–Crippen MR) is 107 cm³/mol. The number of piperidine rings is 1. The molecular weight excluding hydrogens is 322 g/mol. The Morgan fingerprint density at radius 3 is 2.19 bits per heavy atom. The number of hydrogen-bond acceptors (Lipinski definition) is 2. The Labute approximate surface area is 154 Å². The summed E-state index contributed by atoms with van der Waals surface area (Å²) in [6.45, 7) is 6.33. The quantitative estimate of drug-likeness (QED) is 0.554. The van der Waals surface area contributed by atoms with Gasteiger partial charge in [-0.25, -0.2) is 4.79 Å². The molecule has 0 spiro atoms. The van der Waals surface area contributed by atoms with Crippen molar-refractivity contribution >= 4 is 27.6 Å². The van der Waals surface area contributed by atoms with Crippen molar-refractivity contribution in [3.05, 3.63) is 59.2 Å². The number of aryl methyl sites for hydroxylation is 2. The molecule has 3 heteroatoms. The van der Waals surface area contributed by atoms with Crippen LogP contribution < -0.4 is 0 Å². The number of fused-ring (bicyclic) bond motifs is 2. The second-order valence-electron chi connectivity index (χ2n) is 7.28. The number of amides is 1. The second kappa shape index (κ2) is 6.99. The van der Waals surface area contributed by atoms with Crippen LogP contribution in [-0.2, 0) is 11.3 Å². The fourth-order valence-corrected chi connectivity index (χ4v) is 4.06. The zero-order chi connectivity index (χ0) is 18.1. The summed E-state index contributed by atoms with van der Waals surface area (Å²) < 4.78 is 5.56. The molecule has 0 N–H and O–H groups in total. The summed E-state index contributed by atoms with van der Waals surface area (Å²) in [4.78, 5) is 14.1. The first-order valence-corrected chi connectivity index (χ1v) is 9.47. The molecule has 0 radical (unpaired) electrons. The molecule has 3 nitrogen and oxygen atoms in total. The minimum atomic E-state index is -0.184. The third-order valence-electron chi connectivity index (χ3n) is 5.60. The highest BCUT2D eigenvalue weighted by molar-refractivity contribution is 6.05. The van der Waals surface area contributed by atoms with Gasteiger partial charge in [0.25, 0.3) is 0 Å². The lowest BCUT2D eigenvalue weighted by Crippen LogP contribution is -2.35. The van der Waals surface area contributed by atoms with E-state index in [1.807, 2.05) is 4.90 Å². The van der Waals surface area contributed by atoms with Gasteiger partial charge in [-0.3, -0.25) is 0 Å². The van der Waals surface area contributed by atoms with E-state index in [-0.39, 0.29) is 6.09 Å². The average Bonchev–Trinajstić information content (AvgIpc) is 2.70. The van der Waals surface area contributed by atoms with E-state index < -0.39 is 0 Å². The average molecular weight is 347 g/mol. The molecule has 1 fully saturated rings. The maximum absolute atomic E-state index is 12.2. The lowest BCUT2D eigenvalue weighted by Gasteiger charge is -2.25. The predicted octanol–water partition coefficient (Wildman–Crippen LogP) is 5.73. The van der Waals surface area contributed by atoms with Crippen LogP contribution in [0.25, 0.3) is 21.5 Å². The zero-order valence-electron chi connectivity index (χ0n) is 15.5. The zero-order valence-corrected chi connectivity index (χ0v) is 15.5. The molecule has 134 valence electrons. The van der Waals surface area contributed by atoms with E-state index in [1.54, 1.807) is 0 Å². The fraction of sp³-hybridized carbons (Fsp3) is 0.348. The lowest BCUT2D eigenvalue weighted by molar-refractivity contribution is 0.0895. The second-order valence-corrected chi connectivity index (χ2v) is 7.28. The Morgan fingerprint density at radius 2 is 1.50 bits per heavy atom. The summed E-state index contributed by atoms with van der Waals surface area (Å²) in [6, 6.07) is 15.0. The van der Waals surface area contributed by atoms with Gasteiger partial charge in [0.05, 0.1) is 0 Å². The van der Waals surface area contributed by atoms with Crippen molar-refractivity contribution in [3.63, 3.8) is 0 Å². The Balaban J connectivity index is 1.62. The standard InChI is InChI=1S/C23H25NO2/c1-16-19-8-4-5-9-20(19)17(2)22-14-18(10-11-21(16)22)15-26-23(25)24-12-6-3-7-13-24/h4-5,8-11,14H,3,6-7,12-13,15H2,1-2H3. The minimum absolute atomic E-state index is 0.184. The molecule has 1 heterocycles. The van der Waals surface area contributed by atoms with Gasteiger partial charge in [0.15, 0.2) is 0 Å². The van der Waals surface area contributed by atoms with Gasteiger partial charge in [-0.1, -0.05) is 36.4 Å². The molecular formula is C23H25NO2. The Hall–Kier alpha value is -2.55. The molecule has 26 heavy (non-hydrogen) atoms. The third-order valence-corrected chi connectivity index (χ3v) is 5.60. The number of carbonyl (C=O) groups is 1. The van der Waals surface area contributed by atoms with Gasteiger partial charge in [0, 0.05) is 13.1 Å². The van der Waals surface area contributed by atoms with Gasteiger partial charge in [-0.05, 0) is 77.4 Å². The van der Waals surface area contributed by atoms with E-state index in [1.165, 1.54) is 39.1 Å². The number of carbonyl (C=O) groups excluding carboxylic acids is 1. The molecule has 3 aromatic rings. The van der Waals surface area contributed by atoms with Crippen LogP contribution >= 0.6 is 0 Å². The molecule has 0 saturated carbocycles. The molecule has 0 bridgehead atoms. The van der Waals surface area contributed by atoms with Crippen LogP contribution in [0, 0.1) is 13.8 Å². The van der Waals surface area contributed by atoms with Crippen molar-refractivity contribution in [2.75, 3.05) is 13.1 Å². The number of benzene rings is 3. The van der Waals surface area contributed by atoms with Crippen molar-refractivity contribution in [1.29, 1.82) is 0 Å². The normalized spacial score (nSPS) is 14.8. The maximum atomic E-state index is 12.2. The van der Waals surface area contributed by atoms with Gasteiger partial charge in [0.1, 0.15) is 6.61 Å². The highest BCUT2D eigenvalue weighted by Gasteiger charge is 2.17. The van der Waals surface area contributed by atoms with Gasteiger partial charge < -0.3 is 9.64 Å². The van der Waals surface area contributed by atoms with Crippen LogP contribution in [0.2, 0.25) is 0 Å². The van der Waals surface area contributed by atoms with Crippen LogP contribution in [0.15, 0.2) is 42.5 Å². The molecule has 0 aliphatic carbocycles. The molecule has 1 aliphatic heterocycles. The first kappa shape index (κ1) is 16.9. The number of hydrogen-bond donors (Lipinski definition) is 0. The molecule has 0 aromatic heterocycles. The van der Waals surface area contributed by atoms with E-state index >= 15 is 0 Å². The van der Waals surface area contributed by atoms with Gasteiger partial charge in [0.2, 0.25) is 0 Å². The summed E-state index contributed by atoms with van der Waals surface area (Å²) in [5.41, 5.74) is 3.63. The first-order chi connectivity index (χ1) is 12.6. The number of ether oxygens (including phenoxy) is 1. The Morgan fingerprint density at radius 1 is 0.885 bits per heavy atom. The van der Waals surface area contributed by atoms with Crippen LogP contribution in [0.1, 0.15) is 36.0 Å². The van der Waals surface area contributed by atoms with Gasteiger partial charge in [-0.2, -0.15) is 0 Å². The van der Waals surface area contributed by atoms with Gasteiger partial charge >= 0.3 is 6.09 Å². The third kappa shape index (κ3) is 3.03. The van der Waals surface area contributed by atoms with E-state index in [0.717, 1.165) is 31.5 Å². The molecule has 0 unspecified atom stereocenters. The summed E-state index contributed by atoms with van der Waals surface area (Å²) in [5.74, 6) is 0. The van der Waals surface area contributed by atoms with E-state index in [2.05, 4.69) is 56.3 Å². The molecule has 4 rings (SSSR count). The van der Waals surface area contributed by atoms with Crippen molar-refractivity contribution in [2.24, 2.45) is 0 Å². The summed E-state index contributed by atoms with van der Waals surface area (Å²) in [5, 5.41) is 5.11. The van der Waals surface area contributed by atoms with Crippen molar-refractivity contribution < 1.29 is 9.53 Å². The highest BCUT2D eigenvalue weighted by atomic mass is 16.6. The number of likely N-dealkylation sites (tertiary alicyclic amines) is 1. The summed E-state index contributed by atoms with van der Waals surface area (Å²) in [6.07, 6.45) is 3.19. The molecule has 1 amide bonds. The van der Waals surface area contributed by atoms with E-state index in [4.69, 9.17) is 4.74 Å². The molecule has 1 aliphatic rings. The van der Waals surface area contributed by atoms with Crippen LogP contribution in [0.5, 0.6) is 0 Å². The molecule has 1 saturated heterocycles. The summed E-state index contributed by atoms with van der Waals surface area (Å²) >= 11 is 0. The fourth-order valence-electron chi connectivity index (χ4n) is 4.06. The van der Waals surface area contributed by atoms with Crippen LogP contribution in [0.4, 0.5) is 4.79 Å². The summed E-state index contributed by atoms with van der Waals surface area (Å²) in [7, 11) is 0. The van der Waals surface area contributed by atoms with Crippen molar-refractivity contribution in [1.82, 2.24) is 4.90 Å². The Kier molecular flexibility index (Phi) is 4.54. The van der Waals surface area contributed by atoms with Crippen molar-refractivity contribution in [2.45, 2.75) is 39.7 Å². The largest absolute Gasteiger partial charge is 0.445 e. The smallest absolute Gasteiger partial charge is 0.410 e.